The largest absolute Gasteiger partial charge is 0.485 e. The molecule has 5 heteroatoms. The molecule has 3 aromatic carbocycles. The average molecular weight is 554 g/mol. The Bertz CT molecular complexity index is 1460. The van der Waals surface area contributed by atoms with Gasteiger partial charge in [-0.2, -0.15) is 0 Å². The topological polar surface area (TPSA) is 57.5 Å². The van der Waals surface area contributed by atoms with Crippen molar-refractivity contribution in [1.29, 1.82) is 0 Å². The van der Waals surface area contributed by atoms with Crippen LogP contribution in [0.2, 0.25) is 0 Å². The van der Waals surface area contributed by atoms with Crippen LogP contribution in [-0.4, -0.2) is 22.9 Å². The van der Waals surface area contributed by atoms with Crippen LogP contribution in [0.5, 0.6) is 5.75 Å². The summed E-state index contributed by atoms with van der Waals surface area (Å²) in [4.78, 5) is 25.4. The van der Waals surface area contributed by atoms with Gasteiger partial charge in [-0.05, 0) is 67.1 Å². The first-order valence-corrected chi connectivity index (χ1v) is 14.7. The number of rotatable bonds is 12. The van der Waals surface area contributed by atoms with E-state index in [0.29, 0.717) is 43.0 Å². The van der Waals surface area contributed by atoms with Gasteiger partial charge < -0.3 is 14.0 Å². The van der Waals surface area contributed by atoms with Crippen molar-refractivity contribution in [2.75, 3.05) is 6.61 Å². The summed E-state index contributed by atoms with van der Waals surface area (Å²) in [6, 6.07) is 24.1. The molecule has 41 heavy (non-hydrogen) atoms. The van der Waals surface area contributed by atoms with Crippen molar-refractivity contribution in [3.05, 3.63) is 101 Å². The Hall–Kier alpha value is -3.86. The van der Waals surface area contributed by atoms with E-state index in [1.807, 2.05) is 61.7 Å². The molecule has 1 heterocycles. The fraction of sp³-hybridized carbons (Fsp3) is 0.389. The zero-order chi connectivity index (χ0) is 29.6. The number of fused-ring (bicyclic) bond motifs is 1. The third-order valence-corrected chi connectivity index (χ3v) is 7.20. The van der Waals surface area contributed by atoms with Crippen LogP contribution < -0.4 is 4.74 Å². The van der Waals surface area contributed by atoms with E-state index in [1.165, 1.54) is 5.56 Å². The molecule has 1 unspecified atom stereocenters. The summed E-state index contributed by atoms with van der Waals surface area (Å²) in [7, 11) is 0. The molecule has 0 aliphatic rings. The van der Waals surface area contributed by atoms with Crippen LogP contribution >= 0.6 is 0 Å². The maximum absolute atomic E-state index is 13.6. The summed E-state index contributed by atoms with van der Waals surface area (Å²) in [5, 5.41) is 0.905. The molecule has 4 aromatic rings. The van der Waals surface area contributed by atoms with Crippen molar-refractivity contribution in [3.63, 3.8) is 0 Å². The standard InChI is InChI=1S/C36H43NO4/c1-7-40-33(38)13-10-22-37-24-31(30-11-8-9-12-32(30)37)34(39)27-18-20-29(21-19-27)41-35(36(4,5)6)28-16-14-26(15-17-28)23-25(2)3/h8-9,11-12,14-21,24-25,35H,7,10,13,22-23H2,1-6H3. The van der Waals surface area contributed by atoms with E-state index in [1.54, 1.807) is 0 Å². The summed E-state index contributed by atoms with van der Waals surface area (Å²) in [5.74, 6) is 1.11. The van der Waals surface area contributed by atoms with Gasteiger partial charge >= 0.3 is 5.97 Å². The lowest BCUT2D eigenvalue weighted by molar-refractivity contribution is -0.143. The number of carbonyl (C=O) groups is 2. The Labute approximate surface area is 244 Å². The van der Waals surface area contributed by atoms with E-state index in [4.69, 9.17) is 9.47 Å². The van der Waals surface area contributed by atoms with Gasteiger partial charge in [0.25, 0.3) is 0 Å². The average Bonchev–Trinajstić information content (AvgIpc) is 3.30. The molecule has 0 bridgehead atoms. The van der Waals surface area contributed by atoms with E-state index in [-0.39, 0.29) is 23.3 Å². The highest BCUT2D eigenvalue weighted by molar-refractivity contribution is 6.16. The number of aryl methyl sites for hydroxylation is 1. The molecule has 4 rings (SSSR count). The number of ketones is 1. The summed E-state index contributed by atoms with van der Waals surface area (Å²) < 4.78 is 13.6. The van der Waals surface area contributed by atoms with Crippen molar-refractivity contribution < 1.29 is 19.1 Å². The van der Waals surface area contributed by atoms with Crippen molar-refractivity contribution in [3.8, 4) is 5.75 Å². The molecule has 0 spiro atoms. The molecule has 1 atom stereocenters. The minimum Gasteiger partial charge on any atom is -0.485 e. The van der Waals surface area contributed by atoms with Crippen LogP contribution in [0, 0.1) is 11.3 Å². The van der Waals surface area contributed by atoms with Crippen LogP contribution in [0.3, 0.4) is 0 Å². The van der Waals surface area contributed by atoms with Gasteiger partial charge in [0, 0.05) is 46.6 Å². The van der Waals surface area contributed by atoms with Gasteiger partial charge in [0.1, 0.15) is 11.9 Å². The number of benzene rings is 3. The van der Waals surface area contributed by atoms with Crippen LogP contribution in [0.4, 0.5) is 0 Å². The number of carbonyl (C=O) groups excluding carboxylic acids is 2. The Kier molecular flexibility index (Phi) is 9.69. The molecule has 0 aliphatic carbocycles. The highest BCUT2D eigenvalue weighted by Crippen LogP contribution is 2.37. The van der Waals surface area contributed by atoms with Gasteiger partial charge in [-0.25, -0.2) is 0 Å². The summed E-state index contributed by atoms with van der Waals surface area (Å²) in [6.45, 7) is 13.8. The molecule has 0 saturated carbocycles. The number of hydrogen-bond acceptors (Lipinski definition) is 4. The van der Waals surface area contributed by atoms with Crippen molar-refractivity contribution in [2.45, 2.75) is 73.5 Å². The van der Waals surface area contributed by atoms with E-state index < -0.39 is 0 Å². The molecule has 5 nitrogen and oxygen atoms in total. The normalized spacial score (nSPS) is 12.5. The van der Waals surface area contributed by atoms with Gasteiger partial charge in [-0.1, -0.05) is 77.1 Å². The second kappa shape index (κ2) is 13.2. The predicted molar refractivity (Wildman–Crippen MR) is 165 cm³/mol. The summed E-state index contributed by atoms with van der Waals surface area (Å²) in [6.07, 6.45) is 3.82. The Morgan fingerprint density at radius 3 is 2.22 bits per heavy atom. The number of hydrogen-bond donors (Lipinski definition) is 0. The maximum Gasteiger partial charge on any atom is 0.305 e. The molecule has 0 saturated heterocycles. The van der Waals surface area contributed by atoms with Crippen LogP contribution in [0.15, 0.2) is 79.0 Å². The number of para-hydroxylation sites is 1. The lowest BCUT2D eigenvalue weighted by atomic mass is 9.84. The molecule has 0 aliphatic heterocycles. The second-order valence-corrected chi connectivity index (χ2v) is 12.2. The van der Waals surface area contributed by atoms with Gasteiger partial charge in [-0.15, -0.1) is 0 Å². The fourth-order valence-corrected chi connectivity index (χ4v) is 5.26. The number of esters is 1. The van der Waals surface area contributed by atoms with E-state index in [0.717, 1.165) is 28.6 Å². The lowest BCUT2D eigenvalue weighted by Gasteiger charge is -2.32. The number of nitrogens with zero attached hydrogens (tertiary/aromatic N) is 1. The van der Waals surface area contributed by atoms with Gasteiger partial charge in [-0.3, -0.25) is 9.59 Å². The third kappa shape index (κ3) is 7.66. The zero-order valence-corrected chi connectivity index (χ0v) is 25.3. The quantitative estimate of drug-likeness (QED) is 0.130. The molecule has 0 N–H and O–H groups in total. The van der Waals surface area contributed by atoms with Gasteiger partial charge in [0.2, 0.25) is 0 Å². The summed E-state index contributed by atoms with van der Waals surface area (Å²) >= 11 is 0. The summed E-state index contributed by atoms with van der Waals surface area (Å²) in [5.41, 5.74) is 4.59. The molecule has 0 fully saturated rings. The van der Waals surface area contributed by atoms with Crippen molar-refractivity contribution in [1.82, 2.24) is 4.57 Å². The Balaban J connectivity index is 1.51. The number of aromatic nitrogens is 1. The van der Waals surface area contributed by atoms with E-state index in [2.05, 4.69) is 63.5 Å². The zero-order valence-electron chi connectivity index (χ0n) is 25.3. The Morgan fingerprint density at radius 1 is 0.902 bits per heavy atom. The SMILES string of the molecule is CCOC(=O)CCCn1cc(C(=O)c2ccc(OC(c3ccc(CC(C)C)cc3)C(C)(C)C)cc2)c2ccccc21. The van der Waals surface area contributed by atoms with Crippen LogP contribution in [0.1, 0.15) is 87.5 Å². The smallest absolute Gasteiger partial charge is 0.305 e. The van der Waals surface area contributed by atoms with Gasteiger partial charge in [0.05, 0.1) is 6.61 Å². The second-order valence-electron chi connectivity index (χ2n) is 12.2. The molecule has 0 amide bonds. The minimum atomic E-state index is -0.195. The first kappa shape index (κ1) is 30.1. The fourth-order valence-electron chi connectivity index (χ4n) is 5.26. The number of ether oxygens (including phenoxy) is 2. The molecular weight excluding hydrogens is 510 g/mol. The van der Waals surface area contributed by atoms with E-state index >= 15 is 0 Å². The third-order valence-electron chi connectivity index (χ3n) is 7.20. The molecule has 216 valence electrons. The first-order valence-electron chi connectivity index (χ1n) is 14.7. The highest BCUT2D eigenvalue weighted by Gasteiger charge is 2.28. The maximum atomic E-state index is 13.6. The van der Waals surface area contributed by atoms with Crippen LogP contribution in [-0.2, 0) is 22.5 Å². The Morgan fingerprint density at radius 2 is 1.59 bits per heavy atom. The molecular formula is C36H43NO4. The molecule has 0 radical (unpaired) electrons. The van der Waals surface area contributed by atoms with Crippen molar-refractivity contribution >= 4 is 22.7 Å². The van der Waals surface area contributed by atoms with Crippen molar-refractivity contribution in [2.24, 2.45) is 11.3 Å². The van der Waals surface area contributed by atoms with Crippen LogP contribution in [0.25, 0.3) is 10.9 Å². The first-order chi connectivity index (χ1) is 19.6. The molecule has 1 aromatic heterocycles. The lowest BCUT2D eigenvalue weighted by Crippen LogP contribution is -2.24. The van der Waals surface area contributed by atoms with Gasteiger partial charge in [0.15, 0.2) is 5.78 Å². The highest BCUT2D eigenvalue weighted by atomic mass is 16.5. The predicted octanol–water partition coefficient (Wildman–Crippen LogP) is 8.58. The monoisotopic (exact) mass is 553 g/mol. The minimum absolute atomic E-state index is 0.0370. The van der Waals surface area contributed by atoms with E-state index in [9.17, 15) is 9.59 Å².